The predicted molar refractivity (Wildman–Crippen MR) is 88.1 cm³/mol. The van der Waals surface area contributed by atoms with Gasteiger partial charge in [-0.2, -0.15) is 0 Å². The van der Waals surface area contributed by atoms with E-state index in [0.717, 1.165) is 12.0 Å². The Balaban J connectivity index is 2.52. The summed E-state index contributed by atoms with van der Waals surface area (Å²) in [5, 5.41) is 15.4. The Kier molecular flexibility index (Phi) is 8.24. The largest absolute Gasteiger partial charge is 0.394 e. The van der Waals surface area contributed by atoms with Gasteiger partial charge in [-0.1, -0.05) is 43.6 Å². The van der Waals surface area contributed by atoms with E-state index >= 15 is 0 Å². The summed E-state index contributed by atoms with van der Waals surface area (Å²) in [6.07, 6.45) is 0.402. The van der Waals surface area contributed by atoms with Crippen LogP contribution in [0.3, 0.4) is 0 Å². The minimum Gasteiger partial charge on any atom is -0.394 e. The van der Waals surface area contributed by atoms with Crippen LogP contribution in [0.15, 0.2) is 24.3 Å². The first-order valence-electron chi connectivity index (χ1n) is 7.40. The normalized spacial score (nSPS) is 13.7. The van der Waals surface area contributed by atoms with Gasteiger partial charge in [-0.15, -0.1) is 0 Å². The molecule has 2 atom stereocenters. The van der Waals surface area contributed by atoms with E-state index in [1.54, 1.807) is 13.2 Å². The average Bonchev–Trinajstić information content (AvgIpc) is 2.48. The number of aliphatic hydroxyl groups excluding tert-OH is 1. The third kappa shape index (κ3) is 6.22. The van der Waals surface area contributed by atoms with E-state index in [9.17, 15) is 9.90 Å². The van der Waals surface area contributed by atoms with Crippen molar-refractivity contribution in [2.45, 2.75) is 32.4 Å². The van der Waals surface area contributed by atoms with Crippen molar-refractivity contribution < 1.29 is 14.6 Å². The molecule has 0 saturated carbocycles. The van der Waals surface area contributed by atoms with Crippen molar-refractivity contribution in [2.24, 2.45) is 5.92 Å². The first kappa shape index (κ1) is 18.7. The summed E-state index contributed by atoms with van der Waals surface area (Å²) < 4.78 is 5.39. The monoisotopic (exact) mass is 328 g/mol. The number of ether oxygens (including phenoxy) is 1. The molecule has 5 nitrogen and oxygen atoms in total. The summed E-state index contributed by atoms with van der Waals surface area (Å²) in [4.78, 5) is 11.9. The number of rotatable bonds is 8. The smallest absolute Gasteiger partial charge is 0.315 e. The minimum absolute atomic E-state index is 0.0795. The van der Waals surface area contributed by atoms with Gasteiger partial charge in [0.2, 0.25) is 0 Å². The topological polar surface area (TPSA) is 70.6 Å². The van der Waals surface area contributed by atoms with E-state index in [2.05, 4.69) is 10.6 Å². The van der Waals surface area contributed by atoms with Gasteiger partial charge in [-0.05, 0) is 18.4 Å². The van der Waals surface area contributed by atoms with E-state index in [-0.39, 0.29) is 24.8 Å². The SMILES string of the molecule is COC(CNC(=O)NC(CO)CC(C)C)c1ccccc1Cl. The van der Waals surface area contributed by atoms with Crippen molar-refractivity contribution in [1.29, 1.82) is 0 Å². The van der Waals surface area contributed by atoms with Crippen LogP contribution in [-0.4, -0.2) is 37.4 Å². The molecule has 3 N–H and O–H groups in total. The number of nitrogens with one attached hydrogen (secondary N) is 2. The van der Waals surface area contributed by atoms with Gasteiger partial charge in [-0.3, -0.25) is 0 Å². The first-order valence-corrected chi connectivity index (χ1v) is 7.78. The number of benzene rings is 1. The molecular weight excluding hydrogens is 304 g/mol. The quantitative estimate of drug-likeness (QED) is 0.687. The maximum atomic E-state index is 11.9. The molecule has 124 valence electrons. The van der Waals surface area contributed by atoms with Gasteiger partial charge in [-0.25, -0.2) is 4.79 Å². The zero-order chi connectivity index (χ0) is 16.5. The molecule has 0 bridgehead atoms. The van der Waals surface area contributed by atoms with Crippen molar-refractivity contribution in [3.05, 3.63) is 34.9 Å². The highest BCUT2D eigenvalue weighted by Crippen LogP contribution is 2.24. The molecule has 0 aliphatic rings. The Bertz CT molecular complexity index is 468. The van der Waals surface area contributed by atoms with Crippen LogP contribution in [0.2, 0.25) is 5.02 Å². The van der Waals surface area contributed by atoms with Crippen LogP contribution in [0.25, 0.3) is 0 Å². The highest BCUT2D eigenvalue weighted by atomic mass is 35.5. The van der Waals surface area contributed by atoms with Crippen LogP contribution < -0.4 is 10.6 Å². The molecule has 0 aromatic heterocycles. The third-order valence-electron chi connectivity index (χ3n) is 3.30. The molecule has 1 rings (SSSR count). The molecule has 6 heteroatoms. The van der Waals surface area contributed by atoms with Gasteiger partial charge in [0.1, 0.15) is 6.10 Å². The Morgan fingerprint density at radius 3 is 2.59 bits per heavy atom. The average molecular weight is 329 g/mol. The molecule has 2 amide bonds. The highest BCUT2D eigenvalue weighted by molar-refractivity contribution is 6.31. The van der Waals surface area contributed by atoms with Gasteiger partial charge in [0.05, 0.1) is 12.6 Å². The Morgan fingerprint density at radius 1 is 1.36 bits per heavy atom. The zero-order valence-corrected chi connectivity index (χ0v) is 14.1. The van der Waals surface area contributed by atoms with Crippen LogP contribution in [0.4, 0.5) is 4.79 Å². The van der Waals surface area contributed by atoms with Gasteiger partial charge in [0.25, 0.3) is 0 Å². The van der Waals surface area contributed by atoms with Crippen LogP contribution in [0.5, 0.6) is 0 Å². The summed E-state index contributed by atoms with van der Waals surface area (Å²) in [5.74, 6) is 0.396. The second-order valence-electron chi connectivity index (χ2n) is 5.61. The number of methoxy groups -OCH3 is 1. The molecule has 0 radical (unpaired) electrons. The van der Waals surface area contributed by atoms with Crippen molar-refractivity contribution in [1.82, 2.24) is 10.6 Å². The van der Waals surface area contributed by atoms with Crippen LogP contribution in [0, 0.1) is 5.92 Å². The molecule has 0 saturated heterocycles. The fraction of sp³-hybridized carbons (Fsp3) is 0.562. The second-order valence-corrected chi connectivity index (χ2v) is 6.02. The molecule has 0 fully saturated rings. The maximum Gasteiger partial charge on any atom is 0.315 e. The molecule has 0 heterocycles. The van der Waals surface area contributed by atoms with Gasteiger partial charge >= 0.3 is 6.03 Å². The van der Waals surface area contributed by atoms with Gasteiger partial charge < -0.3 is 20.5 Å². The van der Waals surface area contributed by atoms with E-state index in [0.29, 0.717) is 17.5 Å². The molecular formula is C16H25ClN2O3. The minimum atomic E-state index is -0.325. The Labute approximate surface area is 137 Å². The lowest BCUT2D eigenvalue weighted by molar-refractivity contribution is 0.103. The predicted octanol–water partition coefficient (Wildman–Crippen LogP) is 2.73. The zero-order valence-electron chi connectivity index (χ0n) is 13.3. The number of halogens is 1. The maximum absolute atomic E-state index is 11.9. The lowest BCUT2D eigenvalue weighted by Crippen LogP contribution is -2.45. The highest BCUT2D eigenvalue weighted by Gasteiger charge is 2.17. The number of aliphatic hydroxyl groups is 1. The van der Waals surface area contributed by atoms with E-state index in [4.69, 9.17) is 16.3 Å². The molecule has 2 unspecified atom stereocenters. The van der Waals surface area contributed by atoms with Crippen molar-refractivity contribution in [2.75, 3.05) is 20.3 Å². The van der Waals surface area contributed by atoms with E-state index in [1.165, 1.54) is 0 Å². The Hall–Kier alpha value is -1.30. The van der Waals surface area contributed by atoms with Crippen LogP contribution in [-0.2, 0) is 4.74 Å². The molecule has 1 aromatic carbocycles. The van der Waals surface area contributed by atoms with Crippen LogP contribution >= 0.6 is 11.6 Å². The number of hydrogen-bond donors (Lipinski definition) is 3. The summed E-state index contributed by atoms with van der Waals surface area (Å²) >= 11 is 6.14. The first-order chi connectivity index (χ1) is 10.5. The number of urea groups is 1. The van der Waals surface area contributed by atoms with Crippen molar-refractivity contribution >= 4 is 17.6 Å². The molecule has 22 heavy (non-hydrogen) atoms. The standard InChI is InChI=1S/C16H25ClN2O3/c1-11(2)8-12(10-20)19-16(21)18-9-15(22-3)13-6-4-5-7-14(13)17/h4-7,11-12,15,20H,8-10H2,1-3H3,(H2,18,19,21). The lowest BCUT2D eigenvalue weighted by Gasteiger charge is -2.21. The van der Waals surface area contributed by atoms with Gasteiger partial charge in [0.15, 0.2) is 0 Å². The van der Waals surface area contributed by atoms with E-state index < -0.39 is 0 Å². The number of carbonyl (C=O) groups excluding carboxylic acids is 1. The molecule has 0 spiro atoms. The third-order valence-corrected chi connectivity index (χ3v) is 3.64. The number of carbonyl (C=O) groups is 1. The number of amides is 2. The van der Waals surface area contributed by atoms with Crippen LogP contribution in [0.1, 0.15) is 31.9 Å². The fourth-order valence-electron chi connectivity index (χ4n) is 2.23. The fourth-order valence-corrected chi connectivity index (χ4v) is 2.48. The number of hydrogen-bond acceptors (Lipinski definition) is 3. The van der Waals surface area contributed by atoms with Crippen molar-refractivity contribution in [3.63, 3.8) is 0 Å². The summed E-state index contributed by atoms with van der Waals surface area (Å²) in [6, 6.07) is 6.79. The molecule has 0 aliphatic carbocycles. The second kappa shape index (κ2) is 9.66. The lowest BCUT2D eigenvalue weighted by atomic mass is 10.0. The summed E-state index contributed by atoms with van der Waals surface area (Å²) in [7, 11) is 1.57. The van der Waals surface area contributed by atoms with E-state index in [1.807, 2.05) is 32.0 Å². The van der Waals surface area contributed by atoms with Crippen molar-refractivity contribution in [3.8, 4) is 0 Å². The molecule has 1 aromatic rings. The van der Waals surface area contributed by atoms with Gasteiger partial charge in [0, 0.05) is 24.2 Å². The summed E-state index contributed by atoms with van der Waals surface area (Å²) in [6.45, 7) is 4.30. The summed E-state index contributed by atoms with van der Waals surface area (Å²) in [5.41, 5.74) is 0.827. The Morgan fingerprint density at radius 2 is 2.05 bits per heavy atom. The molecule has 0 aliphatic heterocycles.